The Morgan fingerprint density at radius 2 is 2.07 bits per heavy atom. The molecule has 15 heavy (non-hydrogen) atoms. The maximum absolute atomic E-state index is 5.50. The molecule has 88 valence electrons. The van der Waals surface area contributed by atoms with E-state index in [1.54, 1.807) is 0 Å². The molecule has 0 fully saturated rings. The van der Waals surface area contributed by atoms with Crippen molar-refractivity contribution in [2.24, 2.45) is 0 Å². The van der Waals surface area contributed by atoms with E-state index in [9.17, 15) is 0 Å². The van der Waals surface area contributed by atoms with Crippen molar-refractivity contribution in [2.45, 2.75) is 39.0 Å². The van der Waals surface area contributed by atoms with E-state index in [0.717, 1.165) is 31.9 Å². The van der Waals surface area contributed by atoms with Crippen LogP contribution in [-0.4, -0.2) is 19.8 Å². The van der Waals surface area contributed by atoms with E-state index in [1.807, 2.05) is 6.08 Å². The van der Waals surface area contributed by atoms with Crippen LogP contribution in [0.2, 0.25) is 0 Å². The molecule has 0 aromatic rings. The Bertz CT molecular complexity index is 166. The predicted octanol–water partition coefficient (Wildman–Crippen LogP) is 3.26. The number of ether oxygens (including phenoxy) is 1. The largest absolute Gasteiger partial charge is 0.385 e. The van der Waals surface area contributed by atoms with Crippen molar-refractivity contribution in [1.82, 2.24) is 5.32 Å². The van der Waals surface area contributed by atoms with Gasteiger partial charge in [0.05, 0.1) is 6.61 Å². The average Bonchev–Trinajstić information content (AvgIpc) is 2.25. The smallest absolute Gasteiger partial charge is 0.0520 e. The summed E-state index contributed by atoms with van der Waals surface area (Å²) in [7, 11) is 0. The lowest BCUT2D eigenvalue weighted by molar-refractivity contribution is 0.132. The molecule has 0 saturated carbocycles. The number of hydrogen-bond donors (Lipinski definition) is 1. The summed E-state index contributed by atoms with van der Waals surface area (Å²) in [4.78, 5) is 0. The molecule has 0 aliphatic heterocycles. The second-order valence-electron chi connectivity index (χ2n) is 3.70. The highest BCUT2D eigenvalue weighted by atomic mass is 16.5. The second-order valence-corrected chi connectivity index (χ2v) is 3.70. The maximum Gasteiger partial charge on any atom is 0.0520 e. The molecule has 0 rings (SSSR count). The Kier molecular flexibility index (Phi) is 10.7. The van der Waals surface area contributed by atoms with Crippen LogP contribution in [0.5, 0.6) is 0 Å². The molecule has 0 saturated heterocycles. The van der Waals surface area contributed by atoms with Gasteiger partial charge in [0.15, 0.2) is 0 Å². The molecule has 0 radical (unpaired) electrons. The summed E-state index contributed by atoms with van der Waals surface area (Å²) in [5.74, 6) is 0. The average molecular weight is 211 g/mol. The monoisotopic (exact) mass is 211 g/mol. The molecule has 1 N–H and O–H groups in total. The molecule has 0 unspecified atom stereocenters. The van der Waals surface area contributed by atoms with Crippen molar-refractivity contribution in [1.29, 1.82) is 0 Å². The van der Waals surface area contributed by atoms with E-state index >= 15 is 0 Å². The zero-order valence-corrected chi connectivity index (χ0v) is 10.1. The second kappa shape index (κ2) is 11.3. The standard InChI is InChI=1S/C13H25NO/c1-4-6-7-8-11-15-12-9-13(3)14-10-5-2/h5,14H,2-4,6-12H2,1H3. The van der Waals surface area contributed by atoms with Crippen LogP contribution in [0.15, 0.2) is 24.9 Å². The SMILES string of the molecule is C=CCNC(=C)CCOCCCCCC. The molecule has 0 aromatic carbocycles. The lowest BCUT2D eigenvalue weighted by atomic mass is 10.2. The number of rotatable bonds is 11. The third kappa shape index (κ3) is 11.2. The van der Waals surface area contributed by atoms with Crippen molar-refractivity contribution in [2.75, 3.05) is 19.8 Å². The first-order chi connectivity index (χ1) is 7.31. The van der Waals surface area contributed by atoms with Gasteiger partial charge in [0.1, 0.15) is 0 Å². The lowest BCUT2D eigenvalue weighted by Crippen LogP contribution is -2.13. The van der Waals surface area contributed by atoms with Gasteiger partial charge in [-0.05, 0) is 6.42 Å². The van der Waals surface area contributed by atoms with Crippen LogP contribution in [0.1, 0.15) is 39.0 Å². The van der Waals surface area contributed by atoms with E-state index in [2.05, 4.69) is 25.4 Å². The van der Waals surface area contributed by atoms with Crippen LogP contribution in [0.4, 0.5) is 0 Å². The molecule has 0 atom stereocenters. The van der Waals surface area contributed by atoms with Gasteiger partial charge < -0.3 is 10.1 Å². The van der Waals surface area contributed by atoms with Crippen molar-refractivity contribution < 1.29 is 4.74 Å². The van der Waals surface area contributed by atoms with Gasteiger partial charge >= 0.3 is 0 Å². The van der Waals surface area contributed by atoms with Crippen molar-refractivity contribution in [3.05, 3.63) is 24.9 Å². The molecule has 2 heteroatoms. The third-order valence-electron chi connectivity index (χ3n) is 2.19. The van der Waals surface area contributed by atoms with Gasteiger partial charge in [-0.15, -0.1) is 6.58 Å². The van der Waals surface area contributed by atoms with Crippen molar-refractivity contribution >= 4 is 0 Å². The van der Waals surface area contributed by atoms with Crippen LogP contribution in [0.25, 0.3) is 0 Å². The van der Waals surface area contributed by atoms with Crippen LogP contribution < -0.4 is 5.32 Å². The van der Waals surface area contributed by atoms with Gasteiger partial charge in [-0.25, -0.2) is 0 Å². The van der Waals surface area contributed by atoms with Crippen LogP contribution in [0.3, 0.4) is 0 Å². The zero-order valence-electron chi connectivity index (χ0n) is 10.1. The van der Waals surface area contributed by atoms with Crippen LogP contribution >= 0.6 is 0 Å². The van der Waals surface area contributed by atoms with Gasteiger partial charge in [0.2, 0.25) is 0 Å². The van der Waals surface area contributed by atoms with Crippen molar-refractivity contribution in [3.63, 3.8) is 0 Å². The summed E-state index contributed by atoms with van der Waals surface area (Å²) in [5, 5.41) is 3.15. The number of nitrogens with one attached hydrogen (secondary N) is 1. The Hall–Kier alpha value is -0.760. The van der Waals surface area contributed by atoms with Gasteiger partial charge in [0, 0.05) is 25.3 Å². The van der Waals surface area contributed by atoms with Gasteiger partial charge in [-0.1, -0.05) is 38.8 Å². The Balaban J connectivity index is 3.09. The topological polar surface area (TPSA) is 21.3 Å². The van der Waals surface area contributed by atoms with Crippen LogP contribution in [-0.2, 0) is 4.74 Å². The number of hydrogen-bond acceptors (Lipinski definition) is 2. The zero-order chi connectivity index (χ0) is 11.4. The molecule has 0 aliphatic rings. The molecule has 0 aliphatic carbocycles. The highest BCUT2D eigenvalue weighted by Gasteiger charge is 1.93. The van der Waals surface area contributed by atoms with E-state index in [0.29, 0.717) is 0 Å². The molecule has 0 aromatic heterocycles. The molecular weight excluding hydrogens is 186 g/mol. The third-order valence-corrected chi connectivity index (χ3v) is 2.19. The molecule has 0 bridgehead atoms. The highest BCUT2D eigenvalue weighted by Crippen LogP contribution is 2.00. The quantitative estimate of drug-likeness (QED) is 0.418. The fourth-order valence-corrected chi connectivity index (χ4v) is 1.23. The fraction of sp³-hybridized carbons (Fsp3) is 0.692. The minimum atomic E-state index is 0.773. The molecular formula is C13H25NO. The Morgan fingerprint density at radius 3 is 2.73 bits per heavy atom. The molecule has 0 amide bonds. The van der Waals surface area contributed by atoms with Gasteiger partial charge in [0.25, 0.3) is 0 Å². The first-order valence-corrected chi connectivity index (χ1v) is 5.91. The minimum Gasteiger partial charge on any atom is -0.385 e. The summed E-state index contributed by atoms with van der Waals surface area (Å²) < 4.78 is 5.50. The fourth-order valence-electron chi connectivity index (χ4n) is 1.23. The van der Waals surface area contributed by atoms with E-state index in [-0.39, 0.29) is 0 Å². The number of unbranched alkanes of at least 4 members (excludes halogenated alkanes) is 3. The summed E-state index contributed by atoms with van der Waals surface area (Å²) >= 11 is 0. The minimum absolute atomic E-state index is 0.773. The van der Waals surface area contributed by atoms with E-state index in [1.165, 1.54) is 25.7 Å². The normalized spacial score (nSPS) is 9.93. The van der Waals surface area contributed by atoms with Gasteiger partial charge in [-0.2, -0.15) is 0 Å². The first kappa shape index (κ1) is 14.2. The summed E-state index contributed by atoms with van der Waals surface area (Å²) in [5.41, 5.74) is 1.03. The van der Waals surface area contributed by atoms with Crippen molar-refractivity contribution in [3.8, 4) is 0 Å². The molecule has 2 nitrogen and oxygen atoms in total. The summed E-state index contributed by atoms with van der Waals surface area (Å²) in [6.07, 6.45) is 7.78. The molecule has 0 heterocycles. The van der Waals surface area contributed by atoms with Crippen LogP contribution in [0, 0.1) is 0 Å². The van der Waals surface area contributed by atoms with Gasteiger partial charge in [-0.3, -0.25) is 0 Å². The maximum atomic E-state index is 5.50. The Morgan fingerprint density at radius 1 is 1.27 bits per heavy atom. The first-order valence-electron chi connectivity index (χ1n) is 5.91. The van der Waals surface area contributed by atoms with E-state index < -0.39 is 0 Å². The predicted molar refractivity (Wildman–Crippen MR) is 66.9 cm³/mol. The summed E-state index contributed by atoms with van der Waals surface area (Å²) in [6.45, 7) is 12.2. The summed E-state index contributed by atoms with van der Waals surface area (Å²) in [6, 6.07) is 0. The highest BCUT2D eigenvalue weighted by molar-refractivity contribution is 4.92. The van der Waals surface area contributed by atoms with E-state index in [4.69, 9.17) is 4.74 Å². The lowest BCUT2D eigenvalue weighted by Gasteiger charge is -2.07. The Labute approximate surface area is 94.4 Å². The molecule has 0 spiro atoms.